The molecule has 5 N–H and O–H groups in total. The zero-order chi connectivity index (χ0) is 15.8. The van der Waals surface area contributed by atoms with E-state index in [4.69, 9.17) is 0 Å². The van der Waals surface area contributed by atoms with E-state index in [1.54, 1.807) is 19.2 Å². The molecule has 0 radical (unpaired) electrons. The highest BCUT2D eigenvalue weighted by Gasteiger charge is 2.43. The summed E-state index contributed by atoms with van der Waals surface area (Å²) in [7, 11) is 0. The van der Waals surface area contributed by atoms with E-state index < -0.39 is 11.5 Å². The average Bonchev–Trinajstić information content (AvgIpc) is 2.75. The van der Waals surface area contributed by atoms with Gasteiger partial charge in [-0.3, -0.25) is 9.78 Å². The third-order valence-corrected chi connectivity index (χ3v) is 3.97. The summed E-state index contributed by atoms with van der Waals surface area (Å²) in [4.78, 5) is 32.1. The molecule has 1 aliphatic heterocycles. The first kappa shape index (κ1) is 17.8. The van der Waals surface area contributed by atoms with Crippen molar-refractivity contribution in [3.05, 3.63) is 29.1 Å². The van der Waals surface area contributed by atoms with Crippen LogP contribution in [-0.2, 0) is 11.2 Å². The summed E-state index contributed by atoms with van der Waals surface area (Å²) < 4.78 is 0. The second-order valence-corrected chi connectivity index (χ2v) is 5.62. The maximum Gasteiger partial charge on any atom is 0.338 e. The average molecular weight is 306 g/mol. The lowest BCUT2D eigenvalue weighted by Crippen LogP contribution is -2.41. The highest BCUT2D eigenvalue weighted by atomic mass is 16.4. The number of nitrogens with one attached hydrogen (secondary N) is 1. The Bertz CT molecular complexity index is 640. The van der Waals surface area contributed by atoms with Crippen LogP contribution >= 0.6 is 0 Å². The summed E-state index contributed by atoms with van der Waals surface area (Å²) in [5.74, 6) is -1.08. The summed E-state index contributed by atoms with van der Waals surface area (Å²) in [5, 5.41) is 12.0. The molecule has 1 aromatic rings. The number of amidine groups is 1. The van der Waals surface area contributed by atoms with Crippen LogP contribution in [0.25, 0.3) is 0 Å². The van der Waals surface area contributed by atoms with Crippen molar-refractivity contribution < 1.29 is 14.7 Å². The smallest absolute Gasteiger partial charge is 0.338 e. The summed E-state index contributed by atoms with van der Waals surface area (Å²) in [6.45, 7) is 7.46. The molecule has 2 heterocycles. The van der Waals surface area contributed by atoms with Crippen LogP contribution < -0.4 is 11.5 Å². The van der Waals surface area contributed by atoms with E-state index in [-0.39, 0.29) is 35.1 Å². The van der Waals surface area contributed by atoms with Crippen molar-refractivity contribution in [2.75, 3.05) is 0 Å². The Morgan fingerprint density at radius 1 is 1.45 bits per heavy atom. The standard InChI is InChI=1S/C15H19N3O3.H3N/c1-5-9-6-10(13(19)20)11(16-7-9)12-17-14(21)15(4,18-12)8(2)3;/h6-8H,5H2,1-4H3,(H,19,20)(H,17,18,21);1H3. The normalized spacial score (nSPS) is 20.4. The highest BCUT2D eigenvalue weighted by Crippen LogP contribution is 2.27. The molecular weight excluding hydrogens is 284 g/mol. The van der Waals surface area contributed by atoms with E-state index in [2.05, 4.69) is 15.3 Å². The predicted molar refractivity (Wildman–Crippen MR) is 83.5 cm³/mol. The Morgan fingerprint density at radius 3 is 2.55 bits per heavy atom. The minimum absolute atomic E-state index is 0. The molecule has 0 bridgehead atoms. The Balaban J connectivity index is 0.00000242. The zero-order valence-electron chi connectivity index (χ0n) is 13.3. The zero-order valence-corrected chi connectivity index (χ0v) is 13.3. The Kier molecular flexibility index (Phi) is 5.03. The van der Waals surface area contributed by atoms with Crippen LogP contribution in [0.5, 0.6) is 0 Å². The number of rotatable bonds is 4. The lowest BCUT2D eigenvalue weighted by atomic mass is 9.89. The molecule has 22 heavy (non-hydrogen) atoms. The van der Waals surface area contributed by atoms with E-state index in [0.29, 0.717) is 6.42 Å². The lowest BCUT2D eigenvalue weighted by molar-refractivity contribution is -0.124. The number of carbonyl (C=O) groups is 2. The summed E-state index contributed by atoms with van der Waals surface area (Å²) in [6, 6.07) is 1.57. The fourth-order valence-corrected chi connectivity index (χ4v) is 2.10. The first-order chi connectivity index (χ1) is 9.79. The third-order valence-electron chi connectivity index (χ3n) is 3.97. The number of carboxylic acid groups (broad SMARTS) is 1. The third kappa shape index (κ3) is 2.85. The number of hydrogen-bond acceptors (Lipinski definition) is 5. The second-order valence-electron chi connectivity index (χ2n) is 5.62. The fourth-order valence-electron chi connectivity index (χ4n) is 2.10. The number of amides is 1. The maximum atomic E-state index is 12.1. The molecular formula is C15H22N4O3. The number of nitrogens with zero attached hydrogens (tertiary/aromatic N) is 2. The molecule has 1 aliphatic rings. The van der Waals surface area contributed by atoms with Gasteiger partial charge >= 0.3 is 5.97 Å². The first-order valence-corrected chi connectivity index (χ1v) is 6.93. The molecule has 120 valence electrons. The van der Waals surface area contributed by atoms with E-state index in [0.717, 1.165) is 5.56 Å². The molecule has 0 saturated carbocycles. The van der Waals surface area contributed by atoms with Gasteiger partial charge in [0.1, 0.15) is 11.2 Å². The number of pyridine rings is 1. The minimum Gasteiger partial charge on any atom is -0.478 e. The topological polar surface area (TPSA) is 127 Å². The molecule has 1 unspecified atom stereocenters. The Morgan fingerprint density at radius 2 is 2.09 bits per heavy atom. The van der Waals surface area contributed by atoms with Gasteiger partial charge in [0.2, 0.25) is 0 Å². The highest BCUT2D eigenvalue weighted by molar-refractivity contribution is 6.17. The first-order valence-electron chi connectivity index (χ1n) is 6.93. The molecule has 1 atom stereocenters. The SMILES string of the molecule is CCc1cnc(C2=NC(C)(C(C)C)C(=O)N2)c(C(=O)O)c1.N. The molecule has 7 nitrogen and oxygen atoms in total. The van der Waals surface area contributed by atoms with Crippen LogP contribution in [0, 0.1) is 5.92 Å². The number of hydrogen-bond donors (Lipinski definition) is 3. The quantitative estimate of drug-likeness (QED) is 0.781. The van der Waals surface area contributed by atoms with Gasteiger partial charge in [-0.15, -0.1) is 0 Å². The van der Waals surface area contributed by atoms with Crippen molar-refractivity contribution in [2.24, 2.45) is 10.9 Å². The molecule has 1 amide bonds. The van der Waals surface area contributed by atoms with Gasteiger partial charge in [-0.1, -0.05) is 20.8 Å². The van der Waals surface area contributed by atoms with Gasteiger partial charge in [-0.25, -0.2) is 9.79 Å². The number of aryl methyl sites for hydroxylation is 1. The molecule has 2 rings (SSSR count). The predicted octanol–water partition coefficient (Wildman–Crippen LogP) is 1.80. The van der Waals surface area contributed by atoms with Crippen LogP contribution in [0.4, 0.5) is 0 Å². The van der Waals surface area contributed by atoms with Crippen molar-refractivity contribution in [2.45, 2.75) is 39.7 Å². The van der Waals surface area contributed by atoms with Gasteiger partial charge in [-0.2, -0.15) is 0 Å². The number of carbonyl (C=O) groups excluding carboxylic acids is 1. The monoisotopic (exact) mass is 306 g/mol. The summed E-state index contributed by atoms with van der Waals surface area (Å²) in [6.07, 6.45) is 2.30. The van der Waals surface area contributed by atoms with Gasteiger partial charge in [-0.05, 0) is 30.9 Å². The van der Waals surface area contributed by atoms with Gasteiger partial charge in [0.15, 0.2) is 5.84 Å². The molecule has 0 aromatic carbocycles. The molecule has 7 heteroatoms. The molecule has 0 aliphatic carbocycles. The Labute approximate surface area is 129 Å². The van der Waals surface area contributed by atoms with Crippen molar-refractivity contribution in [3.63, 3.8) is 0 Å². The molecule has 0 fully saturated rings. The van der Waals surface area contributed by atoms with Crippen molar-refractivity contribution in [1.29, 1.82) is 0 Å². The van der Waals surface area contributed by atoms with Crippen LogP contribution in [0.15, 0.2) is 17.3 Å². The van der Waals surface area contributed by atoms with Gasteiger partial charge < -0.3 is 16.6 Å². The van der Waals surface area contributed by atoms with E-state index in [1.165, 1.54) is 0 Å². The summed E-state index contributed by atoms with van der Waals surface area (Å²) in [5.41, 5.74) is 0.197. The molecule has 1 aromatic heterocycles. The van der Waals surface area contributed by atoms with Crippen molar-refractivity contribution in [3.8, 4) is 0 Å². The molecule has 0 spiro atoms. The largest absolute Gasteiger partial charge is 0.478 e. The number of aliphatic imine (C=N–C) groups is 1. The van der Waals surface area contributed by atoms with Gasteiger partial charge in [0.05, 0.1) is 5.56 Å². The van der Waals surface area contributed by atoms with Crippen LogP contribution in [0.3, 0.4) is 0 Å². The van der Waals surface area contributed by atoms with Crippen LogP contribution in [-0.4, -0.2) is 33.3 Å². The lowest BCUT2D eigenvalue weighted by Gasteiger charge is -2.21. The number of aromatic carboxylic acids is 1. The van der Waals surface area contributed by atoms with Gasteiger partial charge in [0.25, 0.3) is 5.91 Å². The molecule has 0 saturated heterocycles. The Hall–Kier alpha value is -2.28. The van der Waals surface area contributed by atoms with Crippen molar-refractivity contribution in [1.82, 2.24) is 16.5 Å². The van der Waals surface area contributed by atoms with Crippen LogP contribution in [0.1, 0.15) is 49.3 Å². The van der Waals surface area contributed by atoms with E-state index in [1.807, 2.05) is 20.8 Å². The maximum absolute atomic E-state index is 12.1. The second kappa shape index (κ2) is 6.23. The summed E-state index contributed by atoms with van der Waals surface area (Å²) >= 11 is 0. The van der Waals surface area contributed by atoms with E-state index in [9.17, 15) is 14.7 Å². The fraction of sp³-hybridized carbons (Fsp3) is 0.467. The minimum atomic E-state index is -1.08. The number of carboxylic acids is 1. The van der Waals surface area contributed by atoms with E-state index >= 15 is 0 Å². The number of aromatic nitrogens is 1. The van der Waals surface area contributed by atoms with Crippen molar-refractivity contribution >= 4 is 17.7 Å². The van der Waals surface area contributed by atoms with Crippen LogP contribution in [0.2, 0.25) is 0 Å². The van der Waals surface area contributed by atoms with Gasteiger partial charge in [0, 0.05) is 6.20 Å².